The van der Waals surface area contributed by atoms with Crippen LogP contribution in [0.2, 0.25) is 0 Å². The molecule has 7 nitrogen and oxygen atoms in total. The number of amides is 1. The third kappa shape index (κ3) is 5.40. The molecule has 0 unspecified atom stereocenters. The fourth-order valence-electron chi connectivity index (χ4n) is 4.14. The zero-order valence-corrected chi connectivity index (χ0v) is 19.7. The molecule has 2 N–H and O–H groups in total. The molecule has 33 heavy (non-hydrogen) atoms. The van der Waals surface area contributed by atoms with Crippen molar-refractivity contribution in [3.8, 4) is 0 Å². The molecule has 1 amide bonds. The van der Waals surface area contributed by atoms with Crippen LogP contribution in [0, 0.1) is 6.92 Å². The molecule has 172 valence electrons. The molecule has 1 saturated heterocycles. The van der Waals surface area contributed by atoms with E-state index in [1.54, 1.807) is 13.3 Å². The predicted molar refractivity (Wildman–Crippen MR) is 133 cm³/mol. The van der Waals surface area contributed by atoms with E-state index in [1.165, 1.54) is 0 Å². The van der Waals surface area contributed by atoms with Crippen LogP contribution >= 0.6 is 12.2 Å². The minimum Gasteiger partial charge on any atom is -0.383 e. The second-order valence-corrected chi connectivity index (χ2v) is 8.49. The van der Waals surface area contributed by atoms with Gasteiger partial charge in [-0.25, -0.2) is 0 Å². The SMILES string of the molecule is COCCn1cccc1[C@H]1[C@H](c2ccccn2)NC(=S)N1CCC(=O)Nc1ccc(C)cc1. The average molecular weight is 464 g/mol. The first-order chi connectivity index (χ1) is 16.1. The fraction of sp³-hybridized carbons (Fsp3) is 0.320. The number of anilines is 1. The van der Waals surface area contributed by atoms with Gasteiger partial charge in [0.15, 0.2) is 5.11 Å². The summed E-state index contributed by atoms with van der Waals surface area (Å²) in [6.07, 6.45) is 4.16. The smallest absolute Gasteiger partial charge is 0.226 e. The summed E-state index contributed by atoms with van der Waals surface area (Å²) >= 11 is 5.72. The van der Waals surface area contributed by atoms with E-state index in [1.807, 2.05) is 61.7 Å². The van der Waals surface area contributed by atoms with Crippen LogP contribution in [0.25, 0.3) is 0 Å². The van der Waals surface area contributed by atoms with Crippen molar-refractivity contribution in [1.29, 1.82) is 0 Å². The summed E-state index contributed by atoms with van der Waals surface area (Å²) < 4.78 is 7.47. The van der Waals surface area contributed by atoms with Gasteiger partial charge in [0.1, 0.15) is 0 Å². The molecule has 0 spiro atoms. The lowest BCUT2D eigenvalue weighted by Gasteiger charge is -2.28. The number of carbonyl (C=O) groups is 1. The molecule has 1 fully saturated rings. The highest BCUT2D eigenvalue weighted by Gasteiger charge is 2.41. The van der Waals surface area contributed by atoms with E-state index in [9.17, 15) is 4.79 Å². The molecule has 0 aliphatic carbocycles. The summed E-state index contributed by atoms with van der Waals surface area (Å²) in [5, 5.41) is 7.04. The number of ether oxygens (including phenoxy) is 1. The van der Waals surface area contributed by atoms with Crippen LogP contribution in [-0.4, -0.2) is 45.7 Å². The van der Waals surface area contributed by atoms with Crippen molar-refractivity contribution in [2.24, 2.45) is 0 Å². The largest absolute Gasteiger partial charge is 0.383 e. The van der Waals surface area contributed by atoms with E-state index >= 15 is 0 Å². The zero-order valence-electron chi connectivity index (χ0n) is 18.9. The minimum absolute atomic E-state index is 0.0449. The van der Waals surface area contributed by atoms with Gasteiger partial charge in [-0.2, -0.15) is 0 Å². The van der Waals surface area contributed by atoms with Crippen LogP contribution in [0.3, 0.4) is 0 Å². The molecule has 1 aliphatic rings. The molecule has 1 aliphatic heterocycles. The van der Waals surface area contributed by atoms with Crippen molar-refractivity contribution < 1.29 is 9.53 Å². The average Bonchev–Trinajstić information content (AvgIpc) is 3.42. The Hall–Kier alpha value is -3.23. The van der Waals surface area contributed by atoms with Crippen molar-refractivity contribution in [3.05, 3.63) is 83.9 Å². The quantitative estimate of drug-likeness (QED) is 0.470. The van der Waals surface area contributed by atoms with E-state index in [0.29, 0.717) is 24.7 Å². The molecule has 2 aromatic heterocycles. The minimum atomic E-state index is -0.116. The van der Waals surface area contributed by atoms with Crippen LogP contribution in [-0.2, 0) is 16.1 Å². The van der Waals surface area contributed by atoms with Gasteiger partial charge in [-0.1, -0.05) is 23.8 Å². The Kier molecular flexibility index (Phi) is 7.36. The van der Waals surface area contributed by atoms with Crippen LogP contribution in [0.15, 0.2) is 67.0 Å². The topological polar surface area (TPSA) is 71.4 Å². The number of nitrogens with one attached hydrogen (secondary N) is 2. The maximum absolute atomic E-state index is 12.7. The Morgan fingerprint density at radius 1 is 1.15 bits per heavy atom. The Bertz CT molecular complexity index is 1080. The molecule has 3 aromatic rings. The van der Waals surface area contributed by atoms with Crippen molar-refractivity contribution in [3.63, 3.8) is 0 Å². The maximum Gasteiger partial charge on any atom is 0.226 e. The molecular weight excluding hydrogens is 434 g/mol. The van der Waals surface area contributed by atoms with Crippen LogP contribution < -0.4 is 10.6 Å². The summed E-state index contributed by atoms with van der Waals surface area (Å²) in [5.41, 5.74) is 3.97. The third-order valence-electron chi connectivity index (χ3n) is 5.82. The van der Waals surface area contributed by atoms with Gasteiger partial charge in [0, 0.05) is 50.4 Å². The number of thiocarbonyl (C=S) groups is 1. The lowest BCUT2D eigenvalue weighted by Crippen LogP contribution is -2.33. The molecule has 4 rings (SSSR count). The summed E-state index contributed by atoms with van der Waals surface area (Å²) in [7, 11) is 1.70. The Morgan fingerprint density at radius 2 is 1.97 bits per heavy atom. The van der Waals surface area contributed by atoms with Crippen LogP contribution in [0.5, 0.6) is 0 Å². The van der Waals surface area contributed by atoms with E-state index < -0.39 is 0 Å². The van der Waals surface area contributed by atoms with Crippen molar-refractivity contribution in [1.82, 2.24) is 19.8 Å². The van der Waals surface area contributed by atoms with E-state index in [-0.39, 0.29) is 18.0 Å². The summed E-state index contributed by atoms with van der Waals surface area (Å²) in [6.45, 7) is 3.86. The van der Waals surface area contributed by atoms with Gasteiger partial charge in [-0.05, 0) is 55.5 Å². The number of aromatic nitrogens is 2. The normalized spacial score (nSPS) is 17.8. The van der Waals surface area contributed by atoms with E-state index in [4.69, 9.17) is 17.0 Å². The number of pyridine rings is 1. The number of aryl methyl sites for hydroxylation is 1. The van der Waals surface area contributed by atoms with Crippen molar-refractivity contribution >= 4 is 28.9 Å². The first-order valence-electron chi connectivity index (χ1n) is 11.1. The van der Waals surface area contributed by atoms with Gasteiger partial charge in [0.25, 0.3) is 0 Å². The third-order valence-corrected chi connectivity index (χ3v) is 6.17. The fourth-order valence-corrected chi connectivity index (χ4v) is 4.47. The number of hydrogen-bond donors (Lipinski definition) is 2. The number of hydrogen-bond acceptors (Lipinski definition) is 4. The number of rotatable bonds is 9. The molecule has 0 saturated carbocycles. The molecule has 0 radical (unpaired) electrons. The highest BCUT2D eigenvalue weighted by Crippen LogP contribution is 2.38. The highest BCUT2D eigenvalue weighted by atomic mass is 32.1. The number of benzene rings is 1. The number of methoxy groups -OCH3 is 1. The first-order valence-corrected chi connectivity index (χ1v) is 11.5. The lowest BCUT2D eigenvalue weighted by atomic mass is 10.0. The van der Waals surface area contributed by atoms with Crippen molar-refractivity contribution in [2.45, 2.75) is 32.0 Å². The Balaban J connectivity index is 1.54. The first kappa shape index (κ1) is 22.9. The molecule has 1 aromatic carbocycles. The van der Waals surface area contributed by atoms with Crippen molar-refractivity contribution in [2.75, 3.05) is 25.6 Å². The van der Waals surface area contributed by atoms with Gasteiger partial charge in [-0.3, -0.25) is 9.78 Å². The predicted octanol–water partition coefficient (Wildman–Crippen LogP) is 3.84. The highest BCUT2D eigenvalue weighted by molar-refractivity contribution is 7.80. The molecule has 8 heteroatoms. The van der Waals surface area contributed by atoms with Gasteiger partial charge in [-0.15, -0.1) is 0 Å². The molecule has 2 atom stereocenters. The maximum atomic E-state index is 12.7. The molecular formula is C25H29N5O2S. The van der Waals surface area contributed by atoms with E-state index in [0.717, 1.165) is 29.2 Å². The Morgan fingerprint density at radius 3 is 2.70 bits per heavy atom. The van der Waals surface area contributed by atoms with Gasteiger partial charge >= 0.3 is 0 Å². The number of nitrogens with zero attached hydrogens (tertiary/aromatic N) is 3. The summed E-state index contributed by atoms with van der Waals surface area (Å²) in [6, 6.07) is 17.6. The Labute approximate surface area is 199 Å². The lowest BCUT2D eigenvalue weighted by molar-refractivity contribution is -0.116. The number of carbonyl (C=O) groups excluding carboxylic acids is 1. The summed E-state index contributed by atoms with van der Waals surface area (Å²) in [5.74, 6) is -0.0449. The summed E-state index contributed by atoms with van der Waals surface area (Å²) in [4.78, 5) is 19.4. The zero-order chi connectivity index (χ0) is 23.2. The monoisotopic (exact) mass is 463 g/mol. The van der Waals surface area contributed by atoms with Crippen LogP contribution in [0.4, 0.5) is 5.69 Å². The molecule has 3 heterocycles. The standard InChI is InChI=1S/C25H29N5O2S/c1-18-8-10-19(11-9-18)27-22(31)12-15-30-24(21-7-5-14-29(21)16-17-32-2)23(28-25(30)33)20-6-3-4-13-26-20/h3-11,13-14,23-24H,12,15-17H2,1-2H3,(H,27,31)(H,28,33)/t23-,24-/m0/s1. The van der Waals surface area contributed by atoms with Gasteiger partial charge in [0.2, 0.25) is 5.91 Å². The second kappa shape index (κ2) is 10.6. The van der Waals surface area contributed by atoms with Crippen LogP contribution in [0.1, 0.15) is 35.5 Å². The van der Waals surface area contributed by atoms with Gasteiger partial charge in [0.05, 0.1) is 24.4 Å². The second-order valence-electron chi connectivity index (χ2n) is 8.10. The molecule has 0 bridgehead atoms. The van der Waals surface area contributed by atoms with Gasteiger partial charge < -0.3 is 24.8 Å². The van der Waals surface area contributed by atoms with E-state index in [2.05, 4.69) is 31.2 Å².